The summed E-state index contributed by atoms with van der Waals surface area (Å²) in [4.78, 5) is 9.00. The first kappa shape index (κ1) is 30.9. The van der Waals surface area contributed by atoms with Gasteiger partial charge in [0.15, 0.2) is 0 Å². The minimum Gasteiger partial charge on any atom is -0.481 e. The molecule has 0 spiro atoms. The van der Waals surface area contributed by atoms with E-state index in [2.05, 4.69) is 6.92 Å². The van der Waals surface area contributed by atoms with Crippen molar-refractivity contribution in [3.8, 4) is 0 Å². The molecule has 0 heterocycles. The molecule has 0 saturated heterocycles. The van der Waals surface area contributed by atoms with Gasteiger partial charge in [0.1, 0.15) is 6.10 Å². The number of aliphatic carboxylic acids is 1. The van der Waals surface area contributed by atoms with Crippen molar-refractivity contribution in [1.29, 1.82) is 0 Å². The third kappa shape index (κ3) is 25.2. The SMILES string of the molecule is CC(=O)O.CCCCCCCCOCC(O)CO.OCC(CO)(CO)CO. The molecule has 0 fully saturated rings. The minimum atomic E-state index is -1.11. The van der Waals surface area contributed by atoms with Crippen LogP contribution in [-0.4, -0.2) is 94.1 Å². The van der Waals surface area contributed by atoms with E-state index in [0.29, 0.717) is 6.61 Å². The molecule has 27 heavy (non-hydrogen) atoms. The summed E-state index contributed by atoms with van der Waals surface area (Å²) < 4.78 is 5.18. The van der Waals surface area contributed by atoms with E-state index < -0.39 is 43.9 Å². The van der Waals surface area contributed by atoms with Crippen LogP contribution in [0.4, 0.5) is 0 Å². The summed E-state index contributed by atoms with van der Waals surface area (Å²) in [5.74, 6) is -0.833. The number of rotatable bonds is 14. The predicted molar refractivity (Wildman–Crippen MR) is 101 cm³/mol. The van der Waals surface area contributed by atoms with Crippen LogP contribution in [0.3, 0.4) is 0 Å². The van der Waals surface area contributed by atoms with Gasteiger partial charge in [-0.3, -0.25) is 4.79 Å². The lowest BCUT2D eigenvalue weighted by molar-refractivity contribution is -0.134. The molecule has 1 atom stereocenters. The number of carboxylic acids is 1. The van der Waals surface area contributed by atoms with Gasteiger partial charge >= 0.3 is 0 Å². The topological polar surface area (TPSA) is 168 Å². The van der Waals surface area contributed by atoms with Gasteiger partial charge in [-0.1, -0.05) is 39.0 Å². The van der Waals surface area contributed by atoms with Gasteiger partial charge in [-0.05, 0) is 6.42 Å². The summed E-state index contributed by atoms with van der Waals surface area (Å²) in [6, 6.07) is 0. The number of aliphatic hydroxyl groups excluding tert-OH is 6. The standard InChI is InChI=1S/C11H24O3.C5H12O4.C2H4O2/c1-2-3-4-5-6-7-8-14-10-11(13)9-12;6-1-5(2-7,3-8)4-9;1-2(3)4/h11-13H,2-10H2,1H3;6-9H,1-4H2;1H3,(H,3,4). The normalized spacial score (nSPS) is 11.7. The van der Waals surface area contributed by atoms with Crippen LogP contribution in [0.1, 0.15) is 52.4 Å². The average molecular weight is 401 g/mol. The molecule has 7 N–H and O–H groups in total. The molecule has 0 aliphatic heterocycles. The maximum absolute atomic E-state index is 9.00. The molecule has 0 bridgehead atoms. The molecule has 0 amide bonds. The average Bonchev–Trinajstić information content (AvgIpc) is 2.66. The quantitative estimate of drug-likeness (QED) is 0.194. The van der Waals surface area contributed by atoms with Gasteiger partial charge in [-0.2, -0.15) is 0 Å². The molecule has 0 radical (unpaired) electrons. The molecule has 0 aromatic carbocycles. The fourth-order valence-electron chi connectivity index (χ4n) is 1.56. The van der Waals surface area contributed by atoms with Gasteiger partial charge in [0.2, 0.25) is 0 Å². The molecule has 9 nitrogen and oxygen atoms in total. The third-order valence-corrected chi connectivity index (χ3v) is 3.50. The van der Waals surface area contributed by atoms with Crippen molar-refractivity contribution in [2.24, 2.45) is 5.41 Å². The summed E-state index contributed by atoms with van der Waals surface area (Å²) in [7, 11) is 0. The first-order valence-corrected chi connectivity index (χ1v) is 9.28. The largest absolute Gasteiger partial charge is 0.481 e. The van der Waals surface area contributed by atoms with Crippen molar-refractivity contribution in [3.63, 3.8) is 0 Å². The van der Waals surface area contributed by atoms with Crippen LogP contribution in [0, 0.1) is 5.41 Å². The van der Waals surface area contributed by atoms with Gasteiger partial charge in [-0.15, -0.1) is 0 Å². The highest BCUT2D eigenvalue weighted by Crippen LogP contribution is 2.11. The maximum atomic E-state index is 9.00. The van der Waals surface area contributed by atoms with Gasteiger partial charge in [0, 0.05) is 13.5 Å². The molecular formula is C18H40O9. The van der Waals surface area contributed by atoms with Gasteiger partial charge in [0.25, 0.3) is 5.97 Å². The second-order valence-electron chi connectivity index (χ2n) is 6.33. The first-order valence-electron chi connectivity index (χ1n) is 9.28. The Labute approximate surface area is 162 Å². The van der Waals surface area contributed by atoms with Crippen molar-refractivity contribution >= 4 is 5.97 Å². The minimum absolute atomic E-state index is 0.212. The fourth-order valence-corrected chi connectivity index (χ4v) is 1.56. The van der Waals surface area contributed by atoms with Crippen molar-refractivity contribution in [2.45, 2.75) is 58.5 Å². The lowest BCUT2D eigenvalue weighted by atomic mass is 9.93. The van der Waals surface area contributed by atoms with Crippen LogP contribution >= 0.6 is 0 Å². The number of hydrogen-bond donors (Lipinski definition) is 7. The Morgan fingerprint density at radius 3 is 1.63 bits per heavy atom. The smallest absolute Gasteiger partial charge is 0.300 e. The first-order chi connectivity index (χ1) is 12.8. The van der Waals surface area contributed by atoms with E-state index in [0.717, 1.165) is 13.3 Å². The highest BCUT2D eigenvalue weighted by Gasteiger charge is 2.26. The predicted octanol–water partition coefficient (Wildman–Crippen LogP) is -0.250. The van der Waals surface area contributed by atoms with Crippen LogP contribution in [0.15, 0.2) is 0 Å². The van der Waals surface area contributed by atoms with E-state index in [1.165, 1.54) is 32.1 Å². The third-order valence-electron chi connectivity index (χ3n) is 3.50. The number of aliphatic hydroxyl groups is 6. The lowest BCUT2D eigenvalue weighted by Gasteiger charge is -2.23. The summed E-state index contributed by atoms with van der Waals surface area (Å²) in [6.07, 6.45) is 6.74. The molecule has 9 heteroatoms. The van der Waals surface area contributed by atoms with E-state index in [-0.39, 0.29) is 13.2 Å². The van der Waals surface area contributed by atoms with Crippen molar-refractivity contribution in [3.05, 3.63) is 0 Å². The Bertz CT molecular complexity index is 275. The number of unbranched alkanes of at least 4 members (excludes halogenated alkanes) is 5. The molecule has 0 rings (SSSR count). The zero-order valence-electron chi connectivity index (χ0n) is 16.7. The second kappa shape index (κ2) is 23.2. The molecule has 0 aromatic heterocycles. The Morgan fingerprint density at radius 1 is 0.889 bits per heavy atom. The number of carboxylic acid groups (broad SMARTS) is 1. The van der Waals surface area contributed by atoms with Crippen LogP contribution < -0.4 is 0 Å². The highest BCUT2D eigenvalue weighted by atomic mass is 16.5. The summed E-state index contributed by atoms with van der Waals surface area (Å²) >= 11 is 0. The second-order valence-corrected chi connectivity index (χ2v) is 6.33. The Hall–Kier alpha value is -0.810. The fraction of sp³-hybridized carbons (Fsp3) is 0.944. The van der Waals surface area contributed by atoms with Crippen molar-refractivity contribution in [1.82, 2.24) is 0 Å². The monoisotopic (exact) mass is 400 g/mol. The molecule has 0 saturated carbocycles. The van der Waals surface area contributed by atoms with Gasteiger partial charge in [0.05, 0.1) is 45.1 Å². The van der Waals surface area contributed by atoms with Crippen LogP contribution in [0.2, 0.25) is 0 Å². The van der Waals surface area contributed by atoms with E-state index in [1.54, 1.807) is 0 Å². The number of hydrogen-bond acceptors (Lipinski definition) is 8. The highest BCUT2D eigenvalue weighted by molar-refractivity contribution is 5.62. The Morgan fingerprint density at radius 2 is 1.30 bits per heavy atom. The Balaban J connectivity index is -0.000000378. The zero-order chi connectivity index (χ0) is 21.6. The van der Waals surface area contributed by atoms with E-state index >= 15 is 0 Å². The molecule has 0 aliphatic carbocycles. The summed E-state index contributed by atoms with van der Waals surface area (Å²) in [5, 5.41) is 58.9. The van der Waals surface area contributed by atoms with Crippen molar-refractivity contribution < 1.29 is 45.3 Å². The summed E-state index contributed by atoms with van der Waals surface area (Å²) in [6.45, 7) is 2.41. The summed E-state index contributed by atoms with van der Waals surface area (Å²) in [5.41, 5.74) is -1.11. The molecular weight excluding hydrogens is 360 g/mol. The Kier molecular flexibility index (Phi) is 26.6. The van der Waals surface area contributed by atoms with Crippen LogP contribution in [0.25, 0.3) is 0 Å². The van der Waals surface area contributed by atoms with Gasteiger partial charge < -0.3 is 40.5 Å². The number of ether oxygens (including phenoxy) is 1. The van der Waals surface area contributed by atoms with Gasteiger partial charge in [-0.25, -0.2) is 0 Å². The molecule has 166 valence electrons. The van der Waals surface area contributed by atoms with Crippen molar-refractivity contribution in [2.75, 3.05) is 46.2 Å². The number of carbonyl (C=O) groups is 1. The van der Waals surface area contributed by atoms with E-state index in [1.807, 2.05) is 0 Å². The maximum Gasteiger partial charge on any atom is 0.300 e. The lowest BCUT2D eigenvalue weighted by Crippen LogP contribution is -2.37. The van der Waals surface area contributed by atoms with Crippen LogP contribution in [0.5, 0.6) is 0 Å². The molecule has 0 aliphatic rings. The zero-order valence-corrected chi connectivity index (χ0v) is 16.7. The van der Waals surface area contributed by atoms with Crippen LogP contribution in [-0.2, 0) is 9.53 Å². The van der Waals surface area contributed by atoms with E-state index in [4.69, 9.17) is 45.3 Å². The molecule has 1 unspecified atom stereocenters. The molecule has 0 aromatic rings. The van der Waals surface area contributed by atoms with E-state index in [9.17, 15) is 0 Å².